The summed E-state index contributed by atoms with van der Waals surface area (Å²) in [6.07, 6.45) is 0. The number of rotatable bonds is 0. The fourth-order valence-electron chi connectivity index (χ4n) is 0.404. The third kappa shape index (κ3) is 1.01. The van der Waals surface area contributed by atoms with Gasteiger partial charge in [-0.15, -0.1) is 0 Å². The third-order valence-corrected chi connectivity index (χ3v) is 1.93. The zero-order valence-electron chi connectivity index (χ0n) is 3.26. The molecule has 0 radical (unpaired) electrons. The van der Waals surface area contributed by atoms with Crippen LogP contribution in [0.1, 0.15) is 0 Å². The van der Waals surface area contributed by atoms with Crippen LogP contribution in [0.5, 0.6) is 0 Å². The van der Waals surface area contributed by atoms with E-state index < -0.39 is 0 Å². The molecule has 0 aromatic heterocycles. The minimum Gasteiger partial charge on any atom is -0.251 e. The number of nitrogens with zero attached hydrogens (tertiary/aromatic N) is 1. The SMILES string of the molecule is SN1CC(I)C1. The summed E-state index contributed by atoms with van der Waals surface area (Å²) in [4.78, 5) is 0. The second kappa shape index (κ2) is 1.88. The number of hydrogen-bond acceptors (Lipinski definition) is 2. The second-order valence-corrected chi connectivity index (χ2v) is 3.80. The Morgan fingerprint density at radius 2 is 2.17 bits per heavy atom. The van der Waals surface area contributed by atoms with E-state index in [-0.39, 0.29) is 0 Å². The van der Waals surface area contributed by atoms with Gasteiger partial charge in [0.2, 0.25) is 0 Å². The van der Waals surface area contributed by atoms with Gasteiger partial charge in [0.05, 0.1) is 0 Å². The largest absolute Gasteiger partial charge is 0.251 e. The van der Waals surface area contributed by atoms with E-state index in [0.29, 0.717) is 0 Å². The highest BCUT2D eigenvalue weighted by atomic mass is 127. The van der Waals surface area contributed by atoms with Crippen molar-refractivity contribution < 1.29 is 0 Å². The van der Waals surface area contributed by atoms with Gasteiger partial charge in [-0.3, -0.25) is 4.31 Å². The summed E-state index contributed by atoms with van der Waals surface area (Å²) in [5, 5.41) is 0. The molecule has 1 nitrogen and oxygen atoms in total. The van der Waals surface area contributed by atoms with E-state index >= 15 is 0 Å². The molecular weight excluding hydrogens is 209 g/mol. The van der Waals surface area contributed by atoms with Crippen LogP contribution >= 0.6 is 35.4 Å². The number of halogens is 1. The van der Waals surface area contributed by atoms with Crippen molar-refractivity contribution in [2.75, 3.05) is 13.1 Å². The normalized spacial score (nSPS) is 27.0. The van der Waals surface area contributed by atoms with E-state index in [4.69, 9.17) is 0 Å². The average Bonchev–Trinajstić information content (AvgIpc) is 1.33. The van der Waals surface area contributed by atoms with Crippen molar-refractivity contribution in [3.63, 3.8) is 0 Å². The van der Waals surface area contributed by atoms with Gasteiger partial charge < -0.3 is 0 Å². The van der Waals surface area contributed by atoms with Crippen LogP contribution in [0.25, 0.3) is 0 Å². The van der Waals surface area contributed by atoms with Gasteiger partial charge >= 0.3 is 0 Å². The fourth-order valence-corrected chi connectivity index (χ4v) is 2.37. The first-order chi connectivity index (χ1) is 2.79. The minimum absolute atomic E-state index is 0.861. The monoisotopic (exact) mass is 215 g/mol. The van der Waals surface area contributed by atoms with Crippen LogP contribution in [0.4, 0.5) is 0 Å². The summed E-state index contributed by atoms with van der Waals surface area (Å²) in [7, 11) is 0. The standard InChI is InChI=1S/C3H6INS/c4-3-1-5(6)2-3/h3,6H,1-2H2. The van der Waals surface area contributed by atoms with Crippen LogP contribution in [0, 0.1) is 0 Å². The lowest BCUT2D eigenvalue weighted by atomic mass is 10.3. The van der Waals surface area contributed by atoms with Gasteiger partial charge in [-0.2, -0.15) is 0 Å². The third-order valence-electron chi connectivity index (χ3n) is 0.818. The smallest absolute Gasteiger partial charge is 0.0383 e. The van der Waals surface area contributed by atoms with Crippen LogP contribution in [-0.2, 0) is 0 Å². The molecular formula is C3H6INS. The molecule has 0 aromatic rings. The minimum atomic E-state index is 0.861. The molecule has 0 unspecified atom stereocenters. The van der Waals surface area contributed by atoms with Crippen molar-refractivity contribution in [3.8, 4) is 0 Å². The van der Waals surface area contributed by atoms with E-state index in [2.05, 4.69) is 35.4 Å². The van der Waals surface area contributed by atoms with Crippen molar-refractivity contribution in [1.82, 2.24) is 4.31 Å². The zero-order chi connectivity index (χ0) is 4.57. The van der Waals surface area contributed by atoms with Crippen LogP contribution in [-0.4, -0.2) is 21.3 Å². The fraction of sp³-hybridized carbons (Fsp3) is 1.00. The molecule has 1 aliphatic rings. The molecule has 1 aliphatic heterocycles. The van der Waals surface area contributed by atoms with E-state index in [9.17, 15) is 0 Å². The van der Waals surface area contributed by atoms with Crippen LogP contribution in [0.2, 0.25) is 0 Å². The van der Waals surface area contributed by atoms with Crippen molar-refractivity contribution >= 4 is 35.4 Å². The van der Waals surface area contributed by atoms with Crippen molar-refractivity contribution in [2.45, 2.75) is 3.92 Å². The summed E-state index contributed by atoms with van der Waals surface area (Å²) in [6.45, 7) is 2.31. The molecule has 0 saturated carbocycles. The Balaban J connectivity index is 2.11. The topological polar surface area (TPSA) is 3.24 Å². The van der Waals surface area contributed by atoms with Gasteiger partial charge in [0.15, 0.2) is 0 Å². The number of thiol groups is 1. The number of hydrogen-bond donors (Lipinski definition) is 1. The first kappa shape index (κ1) is 5.18. The second-order valence-electron chi connectivity index (χ2n) is 1.47. The Labute approximate surface area is 56.8 Å². The molecule has 36 valence electrons. The van der Waals surface area contributed by atoms with E-state index in [1.807, 2.05) is 4.31 Å². The van der Waals surface area contributed by atoms with Crippen LogP contribution in [0.3, 0.4) is 0 Å². The maximum Gasteiger partial charge on any atom is 0.0383 e. The van der Waals surface area contributed by atoms with E-state index in [0.717, 1.165) is 17.0 Å². The van der Waals surface area contributed by atoms with Gasteiger partial charge in [0.25, 0.3) is 0 Å². The highest BCUT2D eigenvalue weighted by Crippen LogP contribution is 2.16. The maximum absolute atomic E-state index is 4.07. The summed E-state index contributed by atoms with van der Waals surface area (Å²) < 4.78 is 2.87. The first-order valence-corrected chi connectivity index (χ1v) is 3.51. The summed E-state index contributed by atoms with van der Waals surface area (Å²) in [5.74, 6) is 0. The molecule has 0 bridgehead atoms. The highest BCUT2D eigenvalue weighted by molar-refractivity contribution is 14.1. The molecule has 0 atom stereocenters. The molecule has 3 heteroatoms. The van der Waals surface area contributed by atoms with Gasteiger partial charge in [0.1, 0.15) is 0 Å². The predicted molar refractivity (Wildman–Crippen MR) is 38.4 cm³/mol. The van der Waals surface area contributed by atoms with Crippen LogP contribution < -0.4 is 0 Å². The molecule has 0 amide bonds. The molecule has 6 heavy (non-hydrogen) atoms. The van der Waals surface area contributed by atoms with Crippen LogP contribution in [0.15, 0.2) is 0 Å². The molecule has 1 rings (SSSR count). The maximum atomic E-state index is 4.07. The highest BCUT2D eigenvalue weighted by Gasteiger charge is 2.19. The van der Waals surface area contributed by atoms with Crippen molar-refractivity contribution in [2.24, 2.45) is 0 Å². The summed E-state index contributed by atoms with van der Waals surface area (Å²) in [5.41, 5.74) is 0. The zero-order valence-corrected chi connectivity index (χ0v) is 6.32. The predicted octanol–water partition coefficient (Wildman–Crippen LogP) is 0.950. The van der Waals surface area contributed by atoms with Gasteiger partial charge in [-0.05, 0) is 0 Å². The Bertz CT molecular complexity index is 46.8. The van der Waals surface area contributed by atoms with Crippen molar-refractivity contribution in [1.29, 1.82) is 0 Å². The van der Waals surface area contributed by atoms with E-state index in [1.165, 1.54) is 0 Å². The lowest BCUT2D eigenvalue weighted by molar-refractivity contribution is 0.373. The quantitative estimate of drug-likeness (QED) is 0.357. The summed E-state index contributed by atoms with van der Waals surface area (Å²) >= 11 is 6.49. The Hall–Kier alpha value is 1.04. The van der Waals surface area contributed by atoms with E-state index in [1.54, 1.807) is 0 Å². The molecule has 0 N–H and O–H groups in total. The number of alkyl halides is 1. The van der Waals surface area contributed by atoms with Gasteiger partial charge in [-0.25, -0.2) is 0 Å². The summed E-state index contributed by atoms with van der Waals surface area (Å²) in [6, 6.07) is 0. The lowest BCUT2D eigenvalue weighted by Crippen LogP contribution is -2.40. The van der Waals surface area contributed by atoms with Crippen molar-refractivity contribution in [3.05, 3.63) is 0 Å². The first-order valence-electron chi connectivity index (χ1n) is 1.87. The molecule has 1 fully saturated rings. The Morgan fingerprint density at radius 1 is 1.67 bits per heavy atom. The molecule has 0 aliphatic carbocycles. The van der Waals surface area contributed by atoms with Gasteiger partial charge in [0, 0.05) is 17.0 Å². The molecule has 1 heterocycles. The Kier molecular flexibility index (Phi) is 1.62. The lowest BCUT2D eigenvalue weighted by Gasteiger charge is -2.30. The average molecular weight is 215 g/mol. The molecule has 0 spiro atoms. The molecule has 1 saturated heterocycles. The van der Waals surface area contributed by atoms with Gasteiger partial charge in [-0.1, -0.05) is 35.4 Å². The molecule has 0 aromatic carbocycles. The Morgan fingerprint density at radius 3 is 2.17 bits per heavy atom.